The highest BCUT2D eigenvalue weighted by molar-refractivity contribution is 7.80. The molecule has 0 N–H and O–H groups in total. The minimum absolute atomic E-state index is 0.00517. The number of alkyl halides is 6. The highest BCUT2D eigenvalue weighted by Gasteiger charge is 2.55. The molecular weight excluding hydrogens is 458 g/mol. The molecule has 7 atom stereocenters. The Kier molecular flexibility index (Phi) is 6.67. The number of thiocarbonyl (C=S) groups is 1. The van der Waals surface area contributed by atoms with Gasteiger partial charge in [-0.05, 0) is 57.7 Å². The molecule has 3 rings (SSSR count). The van der Waals surface area contributed by atoms with Gasteiger partial charge in [0.1, 0.15) is 6.04 Å². The molecule has 12 heteroatoms. The topological polar surface area (TPSA) is 71.1 Å². The predicted molar refractivity (Wildman–Crippen MR) is 103 cm³/mol. The molecule has 0 aromatic rings. The molecule has 2 saturated carbocycles. The van der Waals surface area contributed by atoms with Crippen molar-refractivity contribution in [2.24, 2.45) is 23.7 Å². The maximum Gasteiger partial charge on any atom is 0.393 e. The average molecular weight is 480 g/mol. The van der Waals surface area contributed by atoms with Crippen molar-refractivity contribution in [3.8, 4) is 12.1 Å². The maximum atomic E-state index is 13.5. The van der Waals surface area contributed by atoms with Crippen LogP contribution in [0.2, 0.25) is 0 Å². The predicted octanol–water partition coefficient (Wildman–Crippen LogP) is 4.55. The molecule has 3 aliphatic rings. The monoisotopic (exact) mass is 480 g/mol. The summed E-state index contributed by atoms with van der Waals surface area (Å²) >= 11 is 5.40. The number of carbonyl (C=O) groups is 1. The first-order valence-corrected chi connectivity index (χ1v) is 10.8. The van der Waals surface area contributed by atoms with E-state index < -0.39 is 72.9 Å². The normalized spacial score (nSPS) is 36.7. The van der Waals surface area contributed by atoms with Crippen LogP contribution in [0, 0.1) is 46.3 Å². The van der Waals surface area contributed by atoms with Gasteiger partial charge in [-0.15, -0.1) is 0 Å². The van der Waals surface area contributed by atoms with Crippen LogP contribution in [0.5, 0.6) is 0 Å². The molecule has 0 radical (unpaired) electrons. The Labute approximate surface area is 186 Å². The molecule has 1 aliphatic heterocycles. The highest BCUT2D eigenvalue weighted by atomic mass is 32.1. The zero-order valence-corrected chi connectivity index (χ0v) is 18.0. The van der Waals surface area contributed by atoms with Crippen LogP contribution in [-0.2, 0) is 4.79 Å². The molecule has 0 spiro atoms. The number of rotatable bonds is 2. The maximum absolute atomic E-state index is 13.5. The average Bonchev–Trinajstić information content (AvgIpc) is 2.94. The third-order valence-corrected chi connectivity index (χ3v) is 7.42. The van der Waals surface area contributed by atoms with Crippen LogP contribution in [0.3, 0.4) is 0 Å². The van der Waals surface area contributed by atoms with Crippen LogP contribution < -0.4 is 0 Å². The Morgan fingerprint density at radius 2 is 1.31 bits per heavy atom. The Bertz CT molecular complexity index is 847. The number of carbonyl (C=O) groups excluding carboxylic acids is 1. The quantitative estimate of drug-likeness (QED) is 0.429. The van der Waals surface area contributed by atoms with Crippen LogP contribution in [0.4, 0.5) is 26.3 Å². The first-order valence-electron chi connectivity index (χ1n) is 10.4. The fourth-order valence-electron chi connectivity index (χ4n) is 5.33. The summed E-state index contributed by atoms with van der Waals surface area (Å²) in [5.41, 5.74) is 0. The van der Waals surface area contributed by atoms with E-state index >= 15 is 0 Å². The highest BCUT2D eigenvalue weighted by Crippen LogP contribution is 2.46. The van der Waals surface area contributed by atoms with E-state index in [1.807, 2.05) is 0 Å². The van der Waals surface area contributed by atoms with Crippen molar-refractivity contribution < 1.29 is 31.1 Å². The smallest absolute Gasteiger partial charge is 0.334 e. The summed E-state index contributed by atoms with van der Waals surface area (Å²) in [7, 11) is 0. The number of amides is 1. The van der Waals surface area contributed by atoms with Gasteiger partial charge in [0.15, 0.2) is 5.11 Å². The molecule has 0 bridgehead atoms. The zero-order chi connectivity index (χ0) is 24.0. The SMILES string of the molecule is CC1C(=O)N(C2CCC(C#N)C(C(F)(F)F)C2)C(=S)N1C1CCC(C#N)C(C(F)(F)F)C1. The Morgan fingerprint density at radius 3 is 1.75 bits per heavy atom. The van der Waals surface area contributed by atoms with Crippen LogP contribution in [0.25, 0.3) is 0 Å². The lowest BCUT2D eigenvalue weighted by molar-refractivity contribution is -0.195. The molecule has 7 unspecified atom stereocenters. The lowest BCUT2D eigenvalue weighted by Crippen LogP contribution is -2.50. The van der Waals surface area contributed by atoms with Crippen molar-refractivity contribution in [1.29, 1.82) is 10.5 Å². The summed E-state index contributed by atoms with van der Waals surface area (Å²) in [5.74, 6) is -6.68. The number of hydrogen-bond donors (Lipinski definition) is 0. The summed E-state index contributed by atoms with van der Waals surface area (Å²) in [4.78, 5) is 15.5. The van der Waals surface area contributed by atoms with Gasteiger partial charge in [-0.2, -0.15) is 36.9 Å². The summed E-state index contributed by atoms with van der Waals surface area (Å²) in [5, 5.41) is 18.1. The van der Waals surface area contributed by atoms with Gasteiger partial charge in [0.2, 0.25) is 0 Å². The van der Waals surface area contributed by atoms with Crippen LogP contribution >= 0.6 is 12.2 Å². The fourth-order valence-corrected chi connectivity index (χ4v) is 5.88. The molecule has 32 heavy (non-hydrogen) atoms. The second-order valence-corrected chi connectivity index (χ2v) is 9.14. The van der Waals surface area contributed by atoms with Crippen LogP contribution in [0.1, 0.15) is 45.4 Å². The molecule has 1 heterocycles. The first kappa shape index (κ1) is 24.6. The largest absolute Gasteiger partial charge is 0.393 e. The summed E-state index contributed by atoms with van der Waals surface area (Å²) < 4.78 is 80.9. The molecule has 1 amide bonds. The van der Waals surface area contributed by atoms with Gasteiger partial charge >= 0.3 is 12.4 Å². The lowest BCUT2D eigenvalue weighted by atomic mass is 9.76. The van der Waals surface area contributed by atoms with E-state index in [-0.39, 0.29) is 30.8 Å². The van der Waals surface area contributed by atoms with Gasteiger partial charge < -0.3 is 4.90 Å². The minimum atomic E-state index is -4.61. The van der Waals surface area contributed by atoms with Gasteiger partial charge in [0, 0.05) is 12.1 Å². The Morgan fingerprint density at radius 1 is 0.875 bits per heavy atom. The Hall–Kier alpha value is -2.08. The van der Waals surface area contributed by atoms with Crippen molar-refractivity contribution >= 4 is 23.2 Å². The van der Waals surface area contributed by atoms with Gasteiger partial charge in [-0.1, -0.05) is 0 Å². The molecule has 0 aromatic heterocycles. The molecule has 3 fully saturated rings. The second-order valence-electron chi connectivity index (χ2n) is 8.78. The van der Waals surface area contributed by atoms with Crippen LogP contribution in [0.15, 0.2) is 0 Å². The van der Waals surface area contributed by atoms with E-state index in [9.17, 15) is 31.1 Å². The molecular formula is C20H22F6N4OS. The minimum Gasteiger partial charge on any atom is -0.334 e. The van der Waals surface area contributed by atoms with Crippen molar-refractivity contribution in [1.82, 2.24) is 9.80 Å². The van der Waals surface area contributed by atoms with Crippen LogP contribution in [-0.4, -0.2) is 51.3 Å². The van der Waals surface area contributed by atoms with Gasteiger partial charge in [-0.25, -0.2) is 0 Å². The summed E-state index contributed by atoms with van der Waals surface area (Å²) in [6.07, 6.45) is -9.73. The fraction of sp³-hybridized carbons (Fsp3) is 0.800. The molecule has 0 aromatic carbocycles. The van der Waals surface area contributed by atoms with E-state index in [1.54, 1.807) is 12.1 Å². The number of halogens is 6. The van der Waals surface area contributed by atoms with E-state index in [1.165, 1.54) is 11.8 Å². The van der Waals surface area contributed by atoms with E-state index in [4.69, 9.17) is 22.7 Å². The first-order chi connectivity index (χ1) is 14.8. The standard InChI is InChI=1S/C20H22F6N4OS/c1-10-17(31)30(14-5-3-12(9-28)16(7-14)20(24,25)26)18(32)29(10)13-4-2-11(8-27)15(6-13)19(21,22)23/h10-16H,2-7H2,1H3. The Balaban J connectivity index is 1.82. The number of nitriles is 2. The third kappa shape index (κ3) is 4.39. The lowest BCUT2D eigenvalue weighted by Gasteiger charge is -2.41. The van der Waals surface area contributed by atoms with Gasteiger partial charge in [0.25, 0.3) is 5.91 Å². The van der Waals surface area contributed by atoms with Crippen molar-refractivity contribution in [2.75, 3.05) is 0 Å². The van der Waals surface area contributed by atoms with E-state index in [0.717, 1.165) is 4.90 Å². The van der Waals surface area contributed by atoms with E-state index in [2.05, 4.69) is 0 Å². The third-order valence-electron chi connectivity index (χ3n) is 7.02. The van der Waals surface area contributed by atoms with Gasteiger partial charge in [0.05, 0.1) is 35.8 Å². The van der Waals surface area contributed by atoms with E-state index in [0.29, 0.717) is 0 Å². The number of hydrogen-bond acceptors (Lipinski definition) is 4. The molecule has 1 saturated heterocycles. The summed E-state index contributed by atoms with van der Waals surface area (Å²) in [6.45, 7) is 1.48. The van der Waals surface area contributed by atoms with Crippen molar-refractivity contribution in [3.05, 3.63) is 0 Å². The second kappa shape index (κ2) is 8.69. The van der Waals surface area contributed by atoms with Crippen molar-refractivity contribution in [2.45, 2.75) is 75.9 Å². The molecule has 2 aliphatic carbocycles. The molecule has 176 valence electrons. The molecule has 5 nitrogen and oxygen atoms in total. The number of nitrogens with zero attached hydrogens (tertiary/aromatic N) is 4. The van der Waals surface area contributed by atoms with Gasteiger partial charge in [-0.3, -0.25) is 9.69 Å². The summed E-state index contributed by atoms with van der Waals surface area (Å²) in [6, 6.07) is 0.891. The zero-order valence-electron chi connectivity index (χ0n) is 17.2. The van der Waals surface area contributed by atoms with Crippen molar-refractivity contribution in [3.63, 3.8) is 0 Å².